The summed E-state index contributed by atoms with van der Waals surface area (Å²) in [6.45, 7) is -0.0521. The molecule has 2 aliphatic heterocycles. The largest absolute Gasteiger partial charge is 0.454 e. The second-order valence-electron chi connectivity index (χ2n) is 8.28. The first-order chi connectivity index (χ1) is 19.1. The number of nitro groups is 2. The molecule has 1 fully saturated rings. The van der Waals surface area contributed by atoms with Crippen molar-refractivity contribution in [2.24, 2.45) is 0 Å². The Bertz CT molecular complexity index is 1630. The van der Waals surface area contributed by atoms with E-state index in [1.165, 1.54) is 24.3 Å². The van der Waals surface area contributed by atoms with Crippen LogP contribution in [0.4, 0.5) is 16.2 Å². The van der Waals surface area contributed by atoms with E-state index in [1.54, 1.807) is 18.2 Å². The first kappa shape index (κ1) is 26.6. The number of esters is 1. The Balaban J connectivity index is 1.33. The fourth-order valence-electron chi connectivity index (χ4n) is 3.80. The number of rotatable bonds is 7. The van der Waals surface area contributed by atoms with Crippen molar-refractivity contribution in [1.29, 1.82) is 0 Å². The standard InChI is InChI=1S/C25H14ClN3O10S/c26-19-10-21-20(37-12-38-21)8-15(19)11-27-23(30)22(40-25(27)32)5-13-2-1-3-18(4-13)39-24(31)14-6-16(28(33)34)9-17(7-14)29(35)36/h1-10H,11-12H2/b22-5-. The molecule has 5 rings (SSSR count). The summed E-state index contributed by atoms with van der Waals surface area (Å²) in [5.74, 6) is -0.709. The Hall–Kier alpha value is -4.95. The molecule has 2 heterocycles. The van der Waals surface area contributed by atoms with Crippen molar-refractivity contribution in [2.45, 2.75) is 6.54 Å². The lowest BCUT2D eigenvalue weighted by Crippen LogP contribution is -2.27. The van der Waals surface area contributed by atoms with Crippen molar-refractivity contribution < 1.29 is 38.4 Å². The highest BCUT2D eigenvalue weighted by Crippen LogP contribution is 2.39. The molecule has 40 heavy (non-hydrogen) atoms. The molecular formula is C25H14ClN3O10S. The first-order valence-corrected chi connectivity index (χ1v) is 12.4. The second-order valence-corrected chi connectivity index (χ2v) is 9.68. The molecule has 0 aromatic heterocycles. The zero-order valence-corrected chi connectivity index (χ0v) is 21.5. The number of hydrogen-bond acceptors (Lipinski definition) is 11. The molecular weight excluding hydrogens is 570 g/mol. The van der Waals surface area contributed by atoms with E-state index in [0.29, 0.717) is 39.4 Å². The summed E-state index contributed by atoms with van der Waals surface area (Å²) in [6, 6.07) is 11.5. The van der Waals surface area contributed by atoms with Gasteiger partial charge < -0.3 is 14.2 Å². The maximum absolute atomic E-state index is 13.0. The Kier molecular flexibility index (Phi) is 7.11. The molecule has 2 amide bonds. The van der Waals surface area contributed by atoms with Crippen LogP contribution in [0.5, 0.6) is 17.2 Å². The molecule has 0 bridgehead atoms. The number of fused-ring (bicyclic) bond motifs is 1. The van der Waals surface area contributed by atoms with Crippen LogP contribution in [0.1, 0.15) is 21.5 Å². The van der Waals surface area contributed by atoms with Crippen LogP contribution in [0.15, 0.2) is 59.5 Å². The molecule has 3 aromatic carbocycles. The highest BCUT2D eigenvalue weighted by atomic mass is 35.5. The van der Waals surface area contributed by atoms with Crippen LogP contribution in [0.3, 0.4) is 0 Å². The number of benzene rings is 3. The number of thioether (sulfide) groups is 1. The van der Waals surface area contributed by atoms with Crippen LogP contribution < -0.4 is 14.2 Å². The molecule has 2 aliphatic rings. The van der Waals surface area contributed by atoms with Gasteiger partial charge in [-0.25, -0.2) is 4.79 Å². The van der Waals surface area contributed by atoms with E-state index in [2.05, 4.69) is 0 Å². The Morgan fingerprint density at radius 3 is 2.38 bits per heavy atom. The Labute approximate surface area is 233 Å². The molecule has 3 aromatic rings. The van der Waals surface area contributed by atoms with Crippen LogP contribution in [-0.4, -0.2) is 38.7 Å². The minimum absolute atomic E-state index is 0.000667. The Morgan fingerprint density at radius 1 is 1.02 bits per heavy atom. The highest BCUT2D eigenvalue weighted by Gasteiger charge is 2.36. The van der Waals surface area contributed by atoms with Crippen LogP contribution in [0.25, 0.3) is 6.08 Å². The normalized spacial score (nSPS) is 15.0. The fourth-order valence-corrected chi connectivity index (χ4v) is 4.85. The molecule has 0 atom stereocenters. The molecule has 1 saturated heterocycles. The van der Waals surface area contributed by atoms with Gasteiger partial charge in [-0.2, -0.15) is 0 Å². The minimum atomic E-state index is -1.06. The summed E-state index contributed by atoms with van der Waals surface area (Å²) in [5, 5.41) is 22.0. The van der Waals surface area contributed by atoms with Gasteiger partial charge in [-0.3, -0.25) is 34.7 Å². The van der Waals surface area contributed by atoms with Crippen molar-refractivity contribution in [3.05, 3.63) is 101 Å². The van der Waals surface area contributed by atoms with Crippen molar-refractivity contribution in [2.75, 3.05) is 6.79 Å². The number of imide groups is 1. The quantitative estimate of drug-likeness (QED) is 0.116. The van der Waals surface area contributed by atoms with Crippen molar-refractivity contribution >= 4 is 57.9 Å². The molecule has 0 aliphatic carbocycles. The lowest BCUT2D eigenvalue weighted by molar-refractivity contribution is -0.394. The maximum atomic E-state index is 13.0. The lowest BCUT2D eigenvalue weighted by Gasteiger charge is -2.14. The zero-order valence-electron chi connectivity index (χ0n) is 19.9. The molecule has 13 nitrogen and oxygen atoms in total. The molecule has 0 spiro atoms. The molecule has 202 valence electrons. The number of nitrogens with zero attached hydrogens (tertiary/aromatic N) is 3. The zero-order chi connectivity index (χ0) is 28.6. The molecule has 15 heteroatoms. The highest BCUT2D eigenvalue weighted by molar-refractivity contribution is 8.18. The second kappa shape index (κ2) is 10.7. The van der Waals surface area contributed by atoms with E-state index in [9.17, 15) is 34.6 Å². The predicted molar refractivity (Wildman–Crippen MR) is 140 cm³/mol. The summed E-state index contributed by atoms with van der Waals surface area (Å²) in [5.41, 5.74) is -0.790. The van der Waals surface area contributed by atoms with Gasteiger partial charge in [0.1, 0.15) is 5.75 Å². The average molecular weight is 584 g/mol. The van der Waals surface area contributed by atoms with Crippen LogP contribution in [0, 0.1) is 20.2 Å². The minimum Gasteiger partial charge on any atom is -0.454 e. The number of non-ortho nitro benzene ring substituents is 2. The van der Waals surface area contributed by atoms with E-state index in [1.807, 2.05) is 0 Å². The molecule has 0 radical (unpaired) electrons. The van der Waals surface area contributed by atoms with Gasteiger partial charge in [-0.05, 0) is 47.2 Å². The van der Waals surface area contributed by atoms with Gasteiger partial charge in [0, 0.05) is 23.2 Å². The number of halogens is 1. The van der Waals surface area contributed by atoms with Gasteiger partial charge in [-0.1, -0.05) is 23.7 Å². The number of nitro benzene ring substituents is 2. The maximum Gasteiger partial charge on any atom is 0.344 e. The van der Waals surface area contributed by atoms with E-state index < -0.39 is 43.9 Å². The van der Waals surface area contributed by atoms with E-state index in [0.717, 1.165) is 23.1 Å². The summed E-state index contributed by atoms with van der Waals surface area (Å²) in [4.78, 5) is 59.9. The monoisotopic (exact) mass is 583 g/mol. The third-order valence-electron chi connectivity index (χ3n) is 5.67. The van der Waals surface area contributed by atoms with Gasteiger partial charge in [0.25, 0.3) is 22.5 Å². The average Bonchev–Trinajstić information content (AvgIpc) is 3.47. The number of ether oxygens (including phenoxy) is 3. The van der Waals surface area contributed by atoms with Gasteiger partial charge in [0.2, 0.25) is 6.79 Å². The van der Waals surface area contributed by atoms with Crippen LogP contribution >= 0.6 is 23.4 Å². The summed E-state index contributed by atoms with van der Waals surface area (Å²) < 4.78 is 15.8. The first-order valence-electron chi connectivity index (χ1n) is 11.2. The smallest absolute Gasteiger partial charge is 0.344 e. The molecule has 0 saturated carbocycles. The van der Waals surface area contributed by atoms with Gasteiger partial charge in [0.05, 0.1) is 32.9 Å². The van der Waals surface area contributed by atoms with E-state index >= 15 is 0 Å². The Morgan fingerprint density at radius 2 is 1.70 bits per heavy atom. The fraction of sp³-hybridized carbons (Fsp3) is 0.0800. The SMILES string of the molecule is O=C(Oc1cccc(/C=C2\SC(=O)N(Cc3cc4c(cc3Cl)OCO4)C2=O)c1)c1cc([N+](=O)[O-])cc([N+](=O)[O-])c1. The molecule has 0 unspecified atom stereocenters. The van der Waals surface area contributed by atoms with Crippen LogP contribution in [-0.2, 0) is 11.3 Å². The van der Waals surface area contributed by atoms with Gasteiger partial charge in [0.15, 0.2) is 11.5 Å². The summed E-state index contributed by atoms with van der Waals surface area (Å²) >= 11 is 7.00. The number of carbonyl (C=O) groups is 3. The number of hydrogen-bond donors (Lipinski definition) is 0. The van der Waals surface area contributed by atoms with Crippen molar-refractivity contribution in [3.8, 4) is 17.2 Å². The van der Waals surface area contributed by atoms with Crippen molar-refractivity contribution in [1.82, 2.24) is 4.90 Å². The summed E-state index contributed by atoms with van der Waals surface area (Å²) in [7, 11) is 0. The van der Waals surface area contributed by atoms with Crippen molar-refractivity contribution in [3.63, 3.8) is 0 Å². The number of amides is 2. The van der Waals surface area contributed by atoms with Gasteiger partial charge >= 0.3 is 5.97 Å². The third-order valence-corrected chi connectivity index (χ3v) is 6.93. The number of carbonyl (C=O) groups excluding carboxylic acids is 3. The molecule has 0 N–H and O–H groups in total. The lowest BCUT2D eigenvalue weighted by atomic mass is 10.1. The summed E-state index contributed by atoms with van der Waals surface area (Å²) in [6.07, 6.45) is 1.43. The van der Waals surface area contributed by atoms with Crippen LogP contribution in [0.2, 0.25) is 5.02 Å². The predicted octanol–water partition coefficient (Wildman–Crippen LogP) is 5.34. The van der Waals surface area contributed by atoms with E-state index in [-0.39, 0.29) is 24.0 Å². The van der Waals surface area contributed by atoms with Gasteiger partial charge in [-0.15, -0.1) is 0 Å². The van der Waals surface area contributed by atoms with E-state index in [4.69, 9.17) is 25.8 Å². The topological polar surface area (TPSA) is 168 Å². The third kappa shape index (κ3) is 5.43.